The molecule has 0 spiro atoms. The van der Waals surface area contributed by atoms with Gasteiger partial charge in [0.25, 0.3) is 5.91 Å². The van der Waals surface area contributed by atoms with Crippen LogP contribution in [0.3, 0.4) is 0 Å². The third-order valence-electron chi connectivity index (χ3n) is 3.95. The average Bonchev–Trinajstić information content (AvgIpc) is 3.06. The van der Waals surface area contributed by atoms with Gasteiger partial charge in [-0.2, -0.15) is 0 Å². The average molecular weight is 403 g/mol. The lowest BCUT2D eigenvalue weighted by Gasteiger charge is -2.10. The van der Waals surface area contributed by atoms with E-state index in [4.69, 9.17) is 0 Å². The monoisotopic (exact) mass is 402 g/mol. The van der Waals surface area contributed by atoms with Gasteiger partial charge in [-0.25, -0.2) is 18.1 Å². The number of pyridine rings is 1. The van der Waals surface area contributed by atoms with Crippen LogP contribution in [0, 0.1) is 13.8 Å². The molecule has 140 valence electrons. The van der Waals surface area contributed by atoms with Crippen LogP contribution in [0.2, 0.25) is 0 Å². The van der Waals surface area contributed by atoms with Crippen molar-refractivity contribution in [1.82, 2.24) is 14.7 Å². The van der Waals surface area contributed by atoms with Gasteiger partial charge in [-0.05, 0) is 50.7 Å². The summed E-state index contributed by atoms with van der Waals surface area (Å²) >= 11 is 1.27. The van der Waals surface area contributed by atoms with Crippen LogP contribution >= 0.6 is 11.3 Å². The summed E-state index contributed by atoms with van der Waals surface area (Å²) in [4.78, 5) is 21.8. The first-order valence-electron chi connectivity index (χ1n) is 8.05. The Kier molecular flexibility index (Phi) is 5.36. The first kappa shape index (κ1) is 19.2. The van der Waals surface area contributed by atoms with Crippen LogP contribution in [0.4, 0.5) is 5.69 Å². The highest BCUT2D eigenvalue weighted by molar-refractivity contribution is 7.89. The van der Waals surface area contributed by atoms with Crippen molar-refractivity contribution in [3.05, 3.63) is 58.9 Å². The summed E-state index contributed by atoms with van der Waals surface area (Å²) in [5, 5.41) is 3.50. The van der Waals surface area contributed by atoms with Crippen molar-refractivity contribution < 1.29 is 13.2 Å². The highest BCUT2D eigenvalue weighted by atomic mass is 32.2. The summed E-state index contributed by atoms with van der Waals surface area (Å²) in [6.45, 7) is 3.56. The normalized spacial score (nSPS) is 11.4. The number of rotatable bonds is 5. The number of nitrogens with zero attached hydrogens (tertiary/aromatic N) is 2. The van der Waals surface area contributed by atoms with E-state index in [9.17, 15) is 13.2 Å². The molecule has 3 aromatic rings. The SMILES string of the molecule is CNS(=O)(=O)c1ccc(C)c(NC(=O)c2sc(-c3cccnc3)nc2C)c1. The minimum Gasteiger partial charge on any atom is -0.321 e. The molecule has 0 saturated carbocycles. The molecule has 27 heavy (non-hydrogen) atoms. The van der Waals surface area contributed by atoms with Gasteiger partial charge in [0.1, 0.15) is 9.88 Å². The molecule has 7 nitrogen and oxygen atoms in total. The van der Waals surface area contributed by atoms with Gasteiger partial charge in [-0.3, -0.25) is 9.78 Å². The van der Waals surface area contributed by atoms with E-state index in [1.807, 2.05) is 12.1 Å². The second kappa shape index (κ2) is 7.55. The molecule has 2 heterocycles. The molecule has 0 aliphatic rings. The molecule has 0 radical (unpaired) electrons. The summed E-state index contributed by atoms with van der Waals surface area (Å²) in [6, 6.07) is 8.28. The molecule has 1 amide bonds. The van der Waals surface area contributed by atoms with E-state index in [1.54, 1.807) is 32.3 Å². The Hall–Kier alpha value is -2.62. The van der Waals surface area contributed by atoms with Crippen molar-refractivity contribution in [3.8, 4) is 10.6 Å². The lowest BCUT2D eigenvalue weighted by molar-refractivity contribution is 0.102. The largest absolute Gasteiger partial charge is 0.321 e. The molecule has 0 atom stereocenters. The molecule has 2 aromatic heterocycles. The number of carbonyl (C=O) groups is 1. The van der Waals surface area contributed by atoms with Gasteiger partial charge in [-0.1, -0.05) is 6.07 Å². The van der Waals surface area contributed by atoms with Crippen LogP contribution in [0.25, 0.3) is 10.6 Å². The van der Waals surface area contributed by atoms with E-state index in [1.165, 1.54) is 30.5 Å². The van der Waals surface area contributed by atoms with Crippen molar-refractivity contribution in [2.45, 2.75) is 18.7 Å². The van der Waals surface area contributed by atoms with Crippen LogP contribution in [-0.2, 0) is 10.0 Å². The fourth-order valence-corrected chi connectivity index (χ4v) is 4.13. The number of hydrogen-bond donors (Lipinski definition) is 2. The lowest BCUT2D eigenvalue weighted by Crippen LogP contribution is -2.19. The van der Waals surface area contributed by atoms with E-state index < -0.39 is 10.0 Å². The number of benzene rings is 1. The number of amides is 1. The number of aromatic nitrogens is 2. The van der Waals surface area contributed by atoms with Crippen molar-refractivity contribution in [1.29, 1.82) is 0 Å². The summed E-state index contributed by atoms with van der Waals surface area (Å²) in [7, 11) is -2.25. The van der Waals surface area contributed by atoms with Crippen LogP contribution in [0.5, 0.6) is 0 Å². The third-order valence-corrected chi connectivity index (χ3v) is 6.56. The Labute approximate surface area is 161 Å². The number of aryl methyl sites for hydroxylation is 2. The number of carbonyl (C=O) groups excluding carboxylic acids is 1. The van der Waals surface area contributed by atoms with Gasteiger partial charge in [0, 0.05) is 23.6 Å². The zero-order chi connectivity index (χ0) is 19.6. The minimum absolute atomic E-state index is 0.0861. The fourth-order valence-electron chi connectivity index (χ4n) is 2.42. The molecule has 0 fully saturated rings. The maximum Gasteiger partial charge on any atom is 0.267 e. The predicted octanol–water partition coefficient (Wildman–Crippen LogP) is 2.98. The molecule has 2 N–H and O–H groups in total. The van der Waals surface area contributed by atoms with E-state index in [-0.39, 0.29) is 10.8 Å². The van der Waals surface area contributed by atoms with Gasteiger partial charge in [0.05, 0.1) is 10.6 Å². The molecule has 0 aliphatic carbocycles. The minimum atomic E-state index is -3.60. The van der Waals surface area contributed by atoms with E-state index in [0.29, 0.717) is 21.3 Å². The summed E-state index contributed by atoms with van der Waals surface area (Å²) in [5.41, 5.74) is 2.64. The van der Waals surface area contributed by atoms with Crippen LogP contribution in [0.15, 0.2) is 47.6 Å². The molecule has 0 unspecified atom stereocenters. The van der Waals surface area contributed by atoms with E-state index >= 15 is 0 Å². The Balaban J connectivity index is 1.90. The smallest absolute Gasteiger partial charge is 0.267 e. The molecule has 0 aliphatic heterocycles. The number of nitrogens with one attached hydrogen (secondary N) is 2. The van der Waals surface area contributed by atoms with Gasteiger partial charge in [-0.15, -0.1) is 11.3 Å². The first-order chi connectivity index (χ1) is 12.8. The first-order valence-corrected chi connectivity index (χ1v) is 10.3. The van der Waals surface area contributed by atoms with E-state index in [0.717, 1.165) is 11.1 Å². The maximum absolute atomic E-state index is 12.7. The summed E-state index contributed by atoms with van der Waals surface area (Å²) in [6.07, 6.45) is 3.36. The molecular formula is C18H18N4O3S2. The molecule has 3 rings (SSSR count). The van der Waals surface area contributed by atoms with Crippen molar-refractivity contribution in [2.24, 2.45) is 0 Å². The highest BCUT2D eigenvalue weighted by Gasteiger charge is 2.19. The van der Waals surface area contributed by atoms with Crippen LogP contribution < -0.4 is 10.0 Å². The second-order valence-electron chi connectivity index (χ2n) is 5.81. The van der Waals surface area contributed by atoms with Crippen molar-refractivity contribution >= 4 is 33.0 Å². The van der Waals surface area contributed by atoms with Crippen molar-refractivity contribution in [3.63, 3.8) is 0 Å². The van der Waals surface area contributed by atoms with Crippen molar-refractivity contribution in [2.75, 3.05) is 12.4 Å². The van der Waals surface area contributed by atoms with Crippen LogP contribution in [0.1, 0.15) is 20.9 Å². The Bertz CT molecular complexity index is 1090. The number of sulfonamides is 1. The van der Waals surface area contributed by atoms with Gasteiger partial charge in [0.15, 0.2) is 0 Å². The zero-order valence-corrected chi connectivity index (χ0v) is 16.6. The number of anilines is 1. The Morgan fingerprint density at radius 1 is 1.19 bits per heavy atom. The topological polar surface area (TPSA) is 101 Å². The molecule has 0 saturated heterocycles. The lowest BCUT2D eigenvalue weighted by atomic mass is 10.2. The standard InChI is InChI=1S/C18H18N4O3S2/c1-11-6-7-14(27(24,25)19-3)9-15(11)22-17(23)16-12(2)21-18(26-16)13-5-4-8-20-10-13/h4-10,19H,1-3H3,(H,22,23). The van der Waals surface area contributed by atoms with Gasteiger partial charge >= 0.3 is 0 Å². The predicted molar refractivity (Wildman–Crippen MR) is 105 cm³/mol. The Morgan fingerprint density at radius 3 is 2.63 bits per heavy atom. The highest BCUT2D eigenvalue weighted by Crippen LogP contribution is 2.28. The summed E-state index contributed by atoms with van der Waals surface area (Å²) < 4.78 is 26.3. The molecule has 1 aromatic carbocycles. The fraction of sp³-hybridized carbons (Fsp3) is 0.167. The second-order valence-corrected chi connectivity index (χ2v) is 8.70. The zero-order valence-electron chi connectivity index (χ0n) is 15.0. The molecule has 9 heteroatoms. The number of thiazole rings is 1. The molecular weight excluding hydrogens is 384 g/mol. The third kappa shape index (κ3) is 4.05. The van der Waals surface area contributed by atoms with Gasteiger partial charge < -0.3 is 5.32 Å². The summed E-state index contributed by atoms with van der Waals surface area (Å²) in [5.74, 6) is -0.331. The van der Waals surface area contributed by atoms with E-state index in [2.05, 4.69) is 20.0 Å². The maximum atomic E-state index is 12.7. The molecule has 0 bridgehead atoms. The van der Waals surface area contributed by atoms with Crippen LogP contribution in [-0.4, -0.2) is 31.3 Å². The number of hydrogen-bond acceptors (Lipinski definition) is 6. The quantitative estimate of drug-likeness (QED) is 0.683. The van der Waals surface area contributed by atoms with Gasteiger partial charge in [0.2, 0.25) is 10.0 Å². The Morgan fingerprint density at radius 2 is 1.96 bits per heavy atom.